The molecule has 21 heavy (non-hydrogen) atoms. The van der Waals surface area contributed by atoms with Crippen LogP contribution in [0.3, 0.4) is 0 Å². The summed E-state index contributed by atoms with van der Waals surface area (Å²) in [5.41, 5.74) is 1.07. The Labute approximate surface area is 133 Å². The van der Waals surface area contributed by atoms with Gasteiger partial charge in [-0.15, -0.1) is 12.4 Å². The normalized spacial score (nSPS) is 17.4. The number of amides is 1. The average molecular weight is 313 g/mol. The lowest BCUT2D eigenvalue weighted by molar-refractivity contribution is -0.122. The molecule has 0 aromatic heterocycles. The summed E-state index contributed by atoms with van der Waals surface area (Å²) < 4.78 is 5.69. The molecule has 0 spiro atoms. The van der Waals surface area contributed by atoms with Crippen molar-refractivity contribution in [1.82, 2.24) is 10.6 Å². The largest absolute Gasteiger partial charge is 0.493 e. The summed E-state index contributed by atoms with van der Waals surface area (Å²) in [6, 6.07) is 7.89. The zero-order valence-corrected chi connectivity index (χ0v) is 13.5. The van der Waals surface area contributed by atoms with E-state index in [0.29, 0.717) is 19.1 Å². The van der Waals surface area contributed by atoms with E-state index in [1.807, 2.05) is 24.3 Å². The highest BCUT2D eigenvalue weighted by Crippen LogP contribution is 2.14. The molecular formula is C16H25ClN2O2. The summed E-state index contributed by atoms with van der Waals surface area (Å²) in [6.07, 6.45) is 2.01. The number of benzene rings is 1. The molecule has 1 aliphatic heterocycles. The lowest BCUT2D eigenvalue weighted by Gasteiger charge is -2.12. The summed E-state index contributed by atoms with van der Waals surface area (Å²) in [5, 5.41) is 6.18. The Morgan fingerprint density at radius 1 is 1.48 bits per heavy atom. The highest BCUT2D eigenvalue weighted by molar-refractivity contribution is 5.85. The first-order valence-electron chi connectivity index (χ1n) is 7.38. The van der Waals surface area contributed by atoms with Crippen LogP contribution in [-0.2, 0) is 11.3 Å². The van der Waals surface area contributed by atoms with E-state index in [4.69, 9.17) is 4.74 Å². The van der Waals surface area contributed by atoms with Gasteiger partial charge in [-0.25, -0.2) is 0 Å². The fourth-order valence-corrected chi connectivity index (χ4v) is 2.23. The Hall–Kier alpha value is -1.26. The molecule has 1 unspecified atom stereocenters. The van der Waals surface area contributed by atoms with Gasteiger partial charge in [0.15, 0.2) is 0 Å². The van der Waals surface area contributed by atoms with Crippen molar-refractivity contribution in [3.63, 3.8) is 0 Å². The molecule has 1 amide bonds. The van der Waals surface area contributed by atoms with Crippen LogP contribution in [0, 0.1) is 5.92 Å². The Balaban J connectivity index is 0.00000220. The van der Waals surface area contributed by atoms with E-state index in [2.05, 4.69) is 24.5 Å². The van der Waals surface area contributed by atoms with Gasteiger partial charge in [-0.3, -0.25) is 4.79 Å². The minimum absolute atomic E-state index is 0. The molecule has 0 aliphatic carbocycles. The molecule has 118 valence electrons. The Morgan fingerprint density at radius 2 is 2.29 bits per heavy atom. The van der Waals surface area contributed by atoms with Gasteiger partial charge < -0.3 is 15.4 Å². The summed E-state index contributed by atoms with van der Waals surface area (Å²) >= 11 is 0. The predicted octanol–water partition coefficient (Wildman–Crippen LogP) is 2.51. The molecule has 2 N–H and O–H groups in total. The van der Waals surface area contributed by atoms with Gasteiger partial charge in [0.1, 0.15) is 5.75 Å². The van der Waals surface area contributed by atoms with E-state index < -0.39 is 0 Å². The number of hydrogen-bond acceptors (Lipinski definition) is 3. The van der Waals surface area contributed by atoms with E-state index in [1.165, 1.54) is 0 Å². The van der Waals surface area contributed by atoms with Crippen molar-refractivity contribution in [1.29, 1.82) is 0 Å². The highest BCUT2D eigenvalue weighted by Gasteiger charge is 2.21. The fourth-order valence-electron chi connectivity index (χ4n) is 2.23. The van der Waals surface area contributed by atoms with Crippen molar-refractivity contribution in [3.8, 4) is 5.75 Å². The van der Waals surface area contributed by atoms with Gasteiger partial charge >= 0.3 is 0 Å². The van der Waals surface area contributed by atoms with E-state index >= 15 is 0 Å². The van der Waals surface area contributed by atoms with E-state index in [1.54, 1.807) is 0 Å². The van der Waals surface area contributed by atoms with Gasteiger partial charge in [-0.05, 0) is 43.0 Å². The van der Waals surface area contributed by atoms with Gasteiger partial charge in [-0.1, -0.05) is 26.0 Å². The predicted molar refractivity (Wildman–Crippen MR) is 86.9 cm³/mol. The maximum absolute atomic E-state index is 11.9. The molecule has 1 saturated heterocycles. The third-order valence-electron chi connectivity index (χ3n) is 3.33. The number of hydrogen-bond donors (Lipinski definition) is 2. The monoisotopic (exact) mass is 312 g/mol. The zero-order valence-electron chi connectivity index (χ0n) is 12.7. The molecule has 0 radical (unpaired) electrons. The van der Waals surface area contributed by atoms with Gasteiger partial charge in [-0.2, -0.15) is 0 Å². The second-order valence-electron chi connectivity index (χ2n) is 5.72. The first-order valence-corrected chi connectivity index (χ1v) is 7.38. The Morgan fingerprint density at radius 3 is 2.95 bits per heavy atom. The van der Waals surface area contributed by atoms with Gasteiger partial charge in [0.05, 0.1) is 12.6 Å². The maximum atomic E-state index is 11.9. The van der Waals surface area contributed by atoms with Gasteiger partial charge in [0.2, 0.25) is 5.91 Å². The van der Waals surface area contributed by atoms with Crippen LogP contribution >= 0.6 is 12.4 Å². The molecule has 1 heterocycles. The summed E-state index contributed by atoms with van der Waals surface area (Å²) in [5.74, 6) is 1.47. The molecular weight excluding hydrogens is 288 g/mol. The van der Waals surface area contributed by atoms with Crippen LogP contribution in [-0.4, -0.2) is 25.1 Å². The number of rotatable bonds is 6. The second kappa shape index (κ2) is 8.90. The van der Waals surface area contributed by atoms with E-state index in [0.717, 1.165) is 30.7 Å². The van der Waals surface area contributed by atoms with Crippen molar-refractivity contribution in [2.75, 3.05) is 13.2 Å². The number of halogens is 1. The summed E-state index contributed by atoms with van der Waals surface area (Å²) in [7, 11) is 0. The molecule has 0 saturated carbocycles. The molecule has 1 atom stereocenters. The zero-order chi connectivity index (χ0) is 14.4. The number of ether oxygens (including phenoxy) is 1. The molecule has 1 aliphatic rings. The Kier molecular flexibility index (Phi) is 7.54. The first kappa shape index (κ1) is 17.8. The molecule has 1 fully saturated rings. The minimum atomic E-state index is -0.0182. The number of carbonyl (C=O) groups is 1. The molecule has 2 rings (SSSR count). The third kappa shape index (κ3) is 5.94. The lowest BCUT2D eigenvalue weighted by Crippen LogP contribution is -2.39. The lowest BCUT2D eigenvalue weighted by atomic mass is 10.2. The van der Waals surface area contributed by atoms with Crippen LogP contribution in [0.4, 0.5) is 0 Å². The minimum Gasteiger partial charge on any atom is -0.493 e. The maximum Gasteiger partial charge on any atom is 0.237 e. The van der Waals surface area contributed by atoms with Gasteiger partial charge in [0, 0.05) is 6.54 Å². The molecule has 1 aromatic carbocycles. The quantitative estimate of drug-likeness (QED) is 0.848. The average Bonchev–Trinajstić information content (AvgIpc) is 2.97. The smallest absolute Gasteiger partial charge is 0.237 e. The van der Waals surface area contributed by atoms with Crippen LogP contribution in [0.1, 0.15) is 32.3 Å². The van der Waals surface area contributed by atoms with Crippen LogP contribution in [0.25, 0.3) is 0 Å². The topological polar surface area (TPSA) is 50.4 Å². The first-order chi connectivity index (χ1) is 9.65. The third-order valence-corrected chi connectivity index (χ3v) is 3.33. The number of carbonyl (C=O) groups excluding carboxylic acids is 1. The van der Waals surface area contributed by atoms with Crippen LogP contribution in [0.5, 0.6) is 5.75 Å². The van der Waals surface area contributed by atoms with Crippen LogP contribution < -0.4 is 15.4 Å². The van der Waals surface area contributed by atoms with Crippen molar-refractivity contribution >= 4 is 18.3 Å². The summed E-state index contributed by atoms with van der Waals surface area (Å²) in [6.45, 7) is 6.45. The Bertz CT molecular complexity index is 446. The van der Waals surface area contributed by atoms with Crippen LogP contribution in [0.15, 0.2) is 24.3 Å². The fraction of sp³-hybridized carbons (Fsp3) is 0.562. The van der Waals surface area contributed by atoms with Crippen molar-refractivity contribution in [2.24, 2.45) is 5.92 Å². The van der Waals surface area contributed by atoms with Crippen molar-refractivity contribution < 1.29 is 9.53 Å². The van der Waals surface area contributed by atoms with Crippen molar-refractivity contribution in [3.05, 3.63) is 29.8 Å². The van der Waals surface area contributed by atoms with Crippen molar-refractivity contribution in [2.45, 2.75) is 39.3 Å². The van der Waals surface area contributed by atoms with Crippen LogP contribution in [0.2, 0.25) is 0 Å². The highest BCUT2D eigenvalue weighted by atomic mass is 35.5. The molecule has 1 aromatic rings. The van der Waals surface area contributed by atoms with E-state index in [-0.39, 0.29) is 24.4 Å². The molecule has 4 nitrogen and oxygen atoms in total. The molecule has 5 heteroatoms. The SMILES string of the molecule is CC(C)COc1cccc(CNC(=O)C2CCCN2)c1.Cl. The summed E-state index contributed by atoms with van der Waals surface area (Å²) in [4.78, 5) is 11.9. The standard InChI is InChI=1S/C16H24N2O2.ClH/c1-12(2)11-20-14-6-3-5-13(9-14)10-18-16(19)15-7-4-8-17-15;/h3,5-6,9,12,15,17H,4,7-8,10-11H2,1-2H3,(H,18,19);1H. The second-order valence-corrected chi connectivity index (χ2v) is 5.72. The molecule has 0 bridgehead atoms. The number of nitrogens with one attached hydrogen (secondary N) is 2. The van der Waals surface area contributed by atoms with Gasteiger partial charge in [0.25, 0.3) is 0 Å². The van der Waals surface area contributed by atoms with E-state index in [9.17, 15) is 4.79 Å².